The van der Waals surface area contributed by atoms with E-state index in [1.165, 1.54) is 16.1 Å². The minimum Gasteiger partial charge on any atom is -0.378 e. The summed E-state index contributed by atoms with van der Waals surface area (Å²) in [5.74, 6) is 0. The van der Waals surface area contributed by atoms with Crippen LogP contribution in [-0.4, -0.2) is 20.6 Å². The SMILES string of the molecule is CCCNC(c1cccc(N(C)C)c1)c1cccs1. The number of nitrogens with zero attached hydrogens (tertiary/aromatic N) is 1. The first-order chi connectivity index (χ1) is 9.22. The molecule has 1 N–H and O–H groups in total. The third-order valence-electron chi connectivity index (χ3n) is 3.15. The first-order valence-electron chi connectivity index (χ1n) is 6.76. The second-order valence-corrected chi connectivity index (χ2v) is 5.87. The molecule has 0 radical (unpaired) electrons. The lowest BCUT2D eigenvalue weighted by Crippen LogP contribution is -2.22. The third-order valence-corrected chi connectivity index (χ3v) is 4.08. The molecule has 2 rings (SSSR count). The van der Waals surface area contributed by atoms with Crippen LogP contribution in [0, 0.1) is 0 Å². The summed E-state index contributed by atoms with van der Waals surface area (Å²) in [6, 6.07) is 13.4. The number of nitrogens with one attached hydrogen (secondary N) is 1. The molecule has 0 aliphatic heterocycles. The quantitative estimate of drug-likeness (QED) is 0.859. The molecule has 0 aliphatic carbocycles. The maximum atomic E-state index is 3.65. The van der Waals surface area contributed by atoms with E-state index < -0.39 is 0 Å². The zero-order valence-corrected chi connectivity index (χ0v) is 12.7. The van der Waals surface area contributed by atoms with E-state index in [2.05, 4.69) is 73.0 Å². The van der Waals surface area contributed by atoms with Crippen molar-refractivity contribution in [1.82, 2.24) is 5.32 Å². The van der Waals surface area contributed by atoms with Crippen molar-refractivity contribution in [3.63, 3.8) is 0 Å². The Hall–Kier alpha value is -1.32. The van der Waals surface area contributed by atoms with Crippen LogP contribution in [0.1, 0.15) is 29.8 Å². The Morgan fingerprint density at radius 2 is 2.05 bits per heavy atom. The summed E-state index contributed by atoms with van der Waals surface area (Å²) in [5, 5.41) is 5.79. The Kier molecular flexibility index (Phi) is 5.00. The summed E-state index contributed by atoms with van der Waals surface area (Å²) >= 11 is 1.81. The molecule has 102 valence electrons. The van der Waals surface area contributed by atoms with Crippen LogP contribution >= 0.6 is 11.3 Å². The predicted octanol–water partition coefficient (Wildman–Crippen LogP) is 3.90. The molecule has 0 saturated carbocycles. The van der Waals surface area contributed by atoms with Crippen LogP contribution in [0.2, 0.25) is 0 Å². The number of hydrogen-bond acceptors (Lipinski definition) is 3. The van der Waals surface area contributed by atoms with Crippen LogP contribution in [0.25, 0.3) is 0 Å². The molecule has 0 bridgehead atoms. The van der Waals surface area contributed by atoms with Crippen molar-refractivity contribution in [2.24, 2.45) is 0 Å². The number of anilines is 1. The Labute approximate surface area is 120 Å². The van der Waals surface area contributed by atoms with Gasteiger partial charge < -0.3 is 10.2 Å². The van der Waals surface area contributed by atoms with Crippen LogP contribution in [0.4, 0.5) is 5.69 Å². The van der Waals surface area contributed by atoms with E-state index in [9.17, 15) is 0 Å². The van der Waals surface area contributed by atoms with Gasteiger partial charge in [0.25, 0.3) is 0 Å². The monoisotopic (exact) mass is 274 g/mol. The Morgan fingerprint density at radius 1 is 1.21 bits per heavy atom. The summed E-state index contributed by atoms with van der Waals surface area (Å²) in [4.78, 5) is 3.53. The van der Waals surface area contributed by atoms with Crippen LogP contribution in [-0.2, 0) is 0 Å². The molecular formula is C16H22N2S. The molecule has 19 heavy (non-hydrogen) atoms. The van der Waals surface area contributed by atoms with Gasteiger partial charge in [0, 0.05) is 24.7 Å². The van der Waals surface area contributed by atoms with Crippen LogP contribution in [0.3, 0.4) is 0 Å². The number of hydrogen-bond donors (Lipinski definition) is 1. The highest BCUT2D eigenvalue weighted by molar-refractivity contribution is 7.10. The third kappa shape index (κ3) is 3.58. The molecule has 1 aromatic heterocycles. The zero-order valence-electron chi connectivity index (χ0n) is 11.9. The molecule has 0 fully saturated rings. The van der Waals surface area contributed by atoms with E-state index in [0.717, 1.165) is 13.0 Å². The topological polar surface area (TPSA) is 15.3 Å². The lowest BCUT2D eigenvalue weighted by molar-refractivity contribution is 0.606. The zero-order chi connectivity index (χ0) is 13.7. The average Bonchev–Trinajstić information content (AvgIpc) is 2.93. The molecule has 2 aromatic rings. The fourth-order valence-corrected chi connectivity index (χ4v) is 2.94. The molecule has 0 amide bonds. The van der Waals surface area contributed by atoms with Crippen molar-refractivity contribution in [2.45, 2.75) is 19.4 Å². The molecule has 3 heteroatoms. The molecule has 1 heterocycles. The summed E-state index contributed by atoms with van der Waals surface area (Å²) in [6.45, 7) is 3.24. The van der Waals surface area contributed by atoms with Crippen LogP contribution in [0.15, 0.2) is 41.8 Å². The summed E-state index contributed by atoms with van der Waals surface area (Å²) in [6.07, 6.45) is 1.15. The van der Waals surface area contributed by atoms with Gasteiger partial charge in [-0.1, -0.05) is 25.1 Å². The highest BCUT2D eigenvalue weighted by atomic mass is 32.1. The van der Waals surface area contributed by atoms with E-state index in [-0.39, 0.29) is 0 Å². The highest BCUT2D eigenvalue weighted by Crippen LogP contribution is 2.28. The second-order valence-electron chi connectivity index (χ2n) is 4.89. The Bertz CT molecular complexity index is 491. The lowest BCUT2D eigenvalue weighted by Gasteiger charge is -2.20. The van der Waals surface area contributed by atoms with Crippen LogP contribution in [0.5, 0.6) is 0 Å². The number of rotatable bonds is 6. The maximum absolute atomic E-state index is 3.65. The summed E-state index contributed by atoms with van der Waals surface area (Å²) in [7, 11) is 4.16. The van der Waals surface area contributed by atoms with Gasteiger partial charge >= 0.3 is 0 Å². The van der Waals surface area contributed by atoms with Gasteiger partial charge in [-0.05, 0) is 42.1 Å². The standard InChI is InChI=1S/C16H22N2S/c1-4-10-17-16(15-9-6-11-19-15)13-7-5-8-14(12-13)18(2)3/h5-9,11-12,16-17H,4,10H2,1-3H3. The molecule has 2 nitrogen and oxygen atoms in total. The van der Waals surface area contributed by atoms with Gasteiger partial charge in [-0.15, -0.1) is 11.3 Å². The van der Waals surface area contributed by atoms with E-state index in [4.69, 9.17) is 0 Å². The lowest BCUT2D eigenvalue weighted by atomic mass is 10.0. The van der Waals surface area contributed by atoms with Gasteiger partial charge in [0.05, 0.1) is 6.04 Å². The maximum Gasteiger partial charge on any atom is 0.0671 e. The highest BCUT2D eigenvalue weighted by Gasteiger charge is 2.14. The smallest absolute Gasteiger partial charge is 0.0671 e. The van der Waals surface area contributed by atoms with Crippen molar-refractivity contribution in [3.8, 4) is 0 Å². The largest absolute Gasteiger partial charge is 0.378 e. The van der Waals surface area contributed by atoms with E-state index in [0.29, 0.717) is 6.04 Å². The fraction of sp³-hybridized carbons (Fsp3) is 0.375. The number of thiophene rings is 1. The molecule has 1 atom stereocenters. The van der Waals surface area contributed by atoms with Gasteiger partial charge in [0.15, 0.2) is 0 Å². The predicted molar refractivity (Wildman–Crippen MR) is 85.2 cm³/mol. The van der Waals surface area contributed by atoms with Gasteiger partial charge in [-0.25, -0.2) is 0 Å². The first kappa shape index (κ1) is 14.1. The minimum absolute atomic E-state index is 0.305. The molecule has 1 aromatic carbocycles. The molecular weight excluding hydrogens is 252 g/mol. The first-order valence-corrected chi connectivity index (χ1v) is 7.64. The van der Waals surface area contributed by atoms with Crippen molar-refractivity contribution < 1.29 is 0 Å². The Morgan fingerprint density at radius 3 is 2.68 bits per heavy atom. The average molecular weight is 274 g/mol. The normalized spacial score (nSPS) is 12.4. The van der Waals surface area contributed by atoms with Gasteiger partial charge in [0.2, 0.25) is 0 Å². The molecule has 0 spiro atoms. The van der Waals surface area contributed by atoms with Gasteiger partial charge in [-0.2, -0.15) is 0 Å². The van der Waals surface area contributed by atoms with Crippen molar-refractivity contribution in [3.05, 3.63) is 52.2 Å². The molecule has 0 aliphatic rings. The Balaban J connectivity index is 2.29. The van der Waals surface area contributed by atoms with Gasteiger partial charge in [0.1, 0.15) is 0 Å². The van der Waals surface area contributed by atoms with E-state index in [1.807, 2.05) is 11.3 Å². The van der Waals surface area contributed by atoms with Crippen molar-refractivity contribution in [2.75, 3.05) is 25.5 Å². The fourth-order valence-electron chi connectivity index (χ4n) is 2.11. The molecule has 0 saturated heterocycles. The van der Waals surface area contributed by atoms with E-state index in [1.54, 1.807) is 0 Å². The van der Waals surface area contributed by atoms with Crippen LogP contribution < -0.4 is 10.2 Å². The number of benzene rings is 1. The summed E-state index contributed by atoms with van der Waals surface area (Å²) < 4.78 is 0. The second kappa shape index (κ2) is 6.73. The van der Waals surface area contributed by atoms with E-state index >= 15 is 0 Å². The van der Waals surface area contributed by atoms with Crippen molar-refractivity contribution >= 4 is 17.0 Å². The molecule has 1 unspecified atom stereocenters. The van der Waals surface area contributed by atoms with Crippen molar-refractivity contribution in [1.29, 1.82) is 0 Å². The summed E-state index contributed by atoms with van der Waals surface area (Å²) in [5.41, 5.74) is 2.58. The minimum atomic E-state index is 0.305. The van der Waals surface area contributed by atoms with Gasteiger partial charge in [-0.3, -0.25) is 0 Å².